The van der Waals surface area contributed by atoms with Crippen molar-refractivity contribution >= 4 is 21.7 Å². The molecule has 1 heterocycles. The molecule has 96 valence electrons. The number of methoxy groups -OCH3 is 1. The number of ether oxygens (including phenoxy) is 1. The summed E-state index contributed by atoms with van der Waals surface area (Å²) in [6, 6.07) is 0. The van der Waals surface area contributed by atoms with Gasteiger partial charge in [-0.05, 0) is 6.42 Å². The maximum atomic E-state index is 11.6. The maximum absolute atomic E-state index is 11.6. The number of nitrogens with one attached hydrogen (secondary N) is 1. The first-order chi connectivity index (χ1) is 7.93. The Morgan fingerprint density at radius 1 is 1.59 bits per heavy atom. The third-order valence-electron chi connectivity index (χ3n) is 2.00. The fourth-order valence-corrected chi connectivity index (χ4v) is 2.30. The summed E-state index contributed by atoms with van der Waals surface area (Å²) in [5.41, 5.74) is 0.408. The third-order valence-corrected chi connectivity index (χ3v) is 3.37. The van der Waals surface area contributed by atoms with Crippen molar-refractivity contribution in [2.75, 3.05) is 17.6 Å². The highest BCUT2D eigenvalue weighted by atomic mass is 32.2. The van der Waals surface area contributed by atoms with E-state index >= 15 is 0 Å². The van der Waals surface area contributed by atoms with Crippen molar-refractivity contribution in [3.63, 3.8) is 0 Å². The predicted molar refractivity (Wildman–Crippen MR) is 61.9 cm³/mol. The standard InChI is InChI=1S/C9H15N3O4S/c1-12-7-8(6-10-12)11-17(14,15)5-3-4-9(13)16-2/h6-7,11H,3-5H2,1-2H3. The molecule has 0 saturated heterocycles. The topological polar surface area (TPSA) is 90.3 Å². The highest BCUT2D eigenvalue weighted by Crippen LogP contribution is 2.08. The minimum absolute atomic E-state index is 0.0877. The van der Waals surface area contributed by atoms with Crippen molar-refractivity contribution < 1.29 is 17.9 Å². The summed E-state index contributed by atoms with van der Waals surface area (Å²) < 4.78 is 31.4. The summed E-state index contributed by atoms with van der Waals surface area (Å²) in [7, 11) is -0.478. The molecule has 1 aromatic heterocycles. The summed E-state index contributed by atoms with van der Waals surface area (Å²) >= 11 is 0. The largest absolute Gasteiger partial charge is 0.469 e. The number of rotatable bonds is 6. The van der Waals surface area contributed by atoms with E-state index in [0.29, 0.717) is 5.69 Å². The molecule has 17 heavy (non-hydrogen) atoms. The van der Waals surface area contributed by atoms with Crippen LogP contribution in [0.3, 0.4) is 0 Å². The molecule has 1 aromatic rings. The number of aromatic nitrogens is 2. The second-order valence-electron chi connectivity index (χ2n) is 3.50. The molecule has 0 aliphatic carbocycles. The monoisotopic (exact) mass is 261 g/mol. The molecule has 0 spiro atoms. The van der Waals surface area contributed by atoms with Crippen molar-refractivity contribution in [2.45, 2.75) is 12.8 Å². The molecule has 0 bridgehead atoms. The third kappa shape index (κ3) is 4.85. The molecule has 0 aromatic carbocycles. The van der Waals surface area contributed by atoms with E-state index < -0.39 is 16.0 Å². The molecule has 1 N–H and O–H groups in total. The van der Waals surface area contributed by atoms with Crippen LogP contribution in [-0.4, -0.2) is 37.0 Å². The zero-order chi connectivity index (χ0) is 12.9. The first-order valence-electron chi connectivity index (χ1n) is 4.99. The van der Waals surface area contributed by atoms with Crippen LogP contribution < -0.4 is 4.72 Å². The van der Waals surface area contributed by atoms with E-state index in [1.54, 1.807) is 13.2 Å². The highest BCUT2D eigenvalue weighted by Gasteiger charge is 2.12. The molecular weight excluding hydrogens is 246 g/mol. The second-order valence-corrected chi connectivity index (χ2v) is 5.35. The van der Waals surface area contributed by atoms with Crippen molar-refractivity contribution in [1.82, 2.24) is 9.78 Å². The van der Waals surface area contributed by atoms with Crippen molar-refractivity contribution in [3.8, 4) is 0 Å². The quantitative estimate of drug-likeness (QED) is 0.734. The molecule has 0 saturated carbocycles. The molecule has 8 heteroatoms. The van der Waals surface area contributed by atoms with E-state index in [4.69, 9.17) is 0 Å². The molecule has 0 atom stereocenters. The molecule has 0 amide bonds. The van der Waals surface area contributed by atoms with Crippen LogP contribution in [0, 0.1) is 0 Å². The normalized spacial score (nSPS) is 11.2. The minimum Gasteiger partial charge on any atom is -0.469 e. The van der Waals surface area contributed by atoms with Crippen LogP contribution in [0.1, 0.15) is 12.8 Å². The molecule has 0 unspecified atom stereocenters. The van der Waals surface area contributed by atoms with Gasteiger partial charge in [-0.3, -0.25) is 14.2 Å². The fourth-order valence-electron chi connectivity index (χ4n) is 1.21. The number of hydrogen-bond donors (Lipinski definition) is 1. The van der Waals surface area contributed by atoms with Gasteiger partial charge in [-0.1, -0.05) is 0 Å². The Bertz CT molecular complexity index is 480. The lowest BCUT2D eigenvalue weighted by Gasteiger charge is -2.04. The number of esters is 1. The number of carbonyl (C=O) groups is 1. The van der Waals surface area contributed by atoms with E-state index in [0.717, 1.165) is 0 Å². The van der Waals surface area contributed by atoms with Crippen LogP contribution in [0.5, 0.6) is 0 Å². The van der Waals surface area contributed by atoms with Gasteiger partial charge in [0.1, 0.15) is 0 Å². The van der Waals surface area contributed by atoms with E-state index in [9.17, 15) is 13.2 Å². The van der Waals surface area contributed by atoms with Crippen LogP contribution in [-0.2, 0) is 26.6 Å². The van der Waals surface area contributed by atoms with Gasteiger partial charge in [-0.15, -0.1) is 0 Å². The second kappa shape index (κ2) is 5.67. The Hall–Kier alpha value is -1.57. The average molecular weight is 261 g/mol. The van der Waals surface area contributed by atoms with Gasteiger partial charge >= 0.3 is 5.97 Å². The molecule has 0 aliphatic heterocycles. The van der Waals surface area contributed by atoms with Crippen LogP contribution in [0.4, 0.5) is 5.69 Å². The van der Waals surface area contributed by atoms with E-state index in [1.807, 2.05) is 0 Å². The lowest BCUT2D eigenvalue weighted by molar-refractivity contribution is -0.140. The lowest BCUT2D eigenvalue weighted by atomic mass is 10.3. The molecule has 0 fully saturated rings. The van der Waals surface area contributed by atoms with Gasteiger partial charge in [0.15, 0.2) is 0 Å². The maximum Gasteiger partial charge on any atom is 0.305 e. The summed E-state index contributed by atoms with van der Waals surface area (Å²) in [4.78, 5) is 10.8. The first kappa shape index (κ1) is 13.5. The van der Waals surface area contributed by atoms with Crippen molar-refractivity contribution in [2.24, 2.45) is 7.05 Å². The van der Waals surface area contributed by atoms with E-state index in [-0.39, 0.29) is 18.6 Å². The summed E-state index contributed by atoms with van der Waals surface area (Å²) in [6.45, 7) is 0. The number of nitrogens with zero attached hydrogens (tertiary/aromatic N) is 2. The Labute approximate surface area is 99.8 Å². The first-order valence-corrected chi connectivity index (χ1v) is 6.64. The van der Waals surface area contributed by atoms with Crippen LogP contribution in [0.15, 0.2) is 12.4 Å². The highest BCUT2D eigenvalue weighted by molar-refractivity contribution is 7.92. The average Bonchev–Trinajstić information content (AvgIpc) is 2.62. The summed E-state index contributed by atoms with van der Waals surface area (Å²) in [5.74, 6) is -0.543. The summed E-state index contributed by atoms with van der Waals surface area (Å²) in [5, 5.41) is 3.84. The Morgan fingerprint density at radius 2 is 2.29 bits per heavy atom. The van der Waals surface area contributed by atoms with Gasteiger partial charge in [-0.25, -0.2) is 8.42 Å². The zero-order valence-corrected chi connectivity index (χ0v) is 10.5. The Balaban J connectivity index is 2.44. The van der Waals surface area contributed by atoms with E-state index in [2.05, 4.69) is 14.6 Å². The number of carbonyl (C=O) groups excluding carboxylic acids is 1. The van der Waals surface area contributed by atoms with Gasteiger partial charge in [0.25, 0.3) is 0 Å². The minimum atomic E-state index is -3.44. The smallest absolute Gasteiger partial charge is 0.305 e. The van der Waals surface area contributed by atoms with Crippen molar-refractivity contribution in [1.29, 1.82) is 0 Å². The Kier molecular flexibility index (Phi) is 4.50. The van der Waals surface area contributed by atoms with Gasteiger partial charge in [0.05, 0.1) is 24.7 Å². The molecule has 7 nitrogen and oxygen atoms in total. The number of sulfonamides is 1. The summed E-state index contributed by atoms with van der Waals surface area (Å²) in [6.07, 6.45) is 3.28. The molecule has 0 aliphatic rings. The molecular formula is C9H15N3O4S. The van der Waals surface area contributed by atoms with Crippen LogP contribution >= 0.6 is 0 Å². The number of aryl methyl sites for hydroxylation is 1. The zero-order valence-electron chi connectivity index (χ0n) is 9.71. The number of anilines is 1. The Morgan fingerprint density at radius 3 is 2.82 bits per heavy atom. The van der Waals surface area contributed by atoms with Gasteiger partial charge in [-0.2, -0.15) is 5.10 Å². The molecule has 0 radical (unpaired) electrons. The van der Waals surface area contributed by atoms with Gasteiger partial charge in [0.2, 0.25) is 10.0 Å². The van der Waals surface area contributed by atoms with E-state index in [1.165, 1.54) is 18.0 Å². The molecule has 1 rings (SSSR count). The van der Waals surface area contributed by atoms with Gasteiger partial charge < -0.3 is 4.74 Å². The fraction of sp³-hybridized carbons (Fsp3) is 0.556. The SMILES string of the molecule is COC(=O)CCCS(=O)(=O)Nc1cnn(C)c1. The van der Waals surface area contributed by atoms with Crippen LogP contribution in [0.25, 0.3) is 0 Å². The predicted octanol–water partition coefficient (Wildman–Crippen LogP) is 0.115. The lowest BCUT2D eigenvalue weighted by Crippen LogP contribution is -2.17. The van der Waals surface area contributed by atoms with Crippen molar-refractivity contribution in [3.05, 3.63) is 12.4 Å². The number of hydrogen-bond acceptors (Lipinski definition) is 5. The van der Waals surface area contributed by atoms with Gasteiger partial charge in [0, 0.05) is 19.7 Å². The van der Waals surface area contributed by atoms with Crippen LogP contribution in [0.2, 0.25) is 0 Å².